The van der Waals surface area contributed by atoms with Gasteiger partial charge in [0.15, 0.2) is 8.93 Å². The summed E-state index contributed by atoms with van der Waals surface area (Å²) in [6.07, 6.45) is 0. The quantitative estimate of drug-likeness (QED) is 0.605. The second-order valence-electron chi connectivity index (χ2n) is 2.72. The van der Waals surface area contributed by atoms with Gasteiger partial charge in [-0.15, -0.1) is 22.7 Å². The van der Waals surface area contributed by atoms with Crippen LogP contribution in [-0.2, 0) is 0 Å². The third kappa shape index (κ3) is 1.30. The van der Waals surface area contributed by atoms with Gasteiger partial charge in [-0.1, -0.05) is 23.2 Å². The van der Waals surface area contributed by atoms with Gasteiger partial charge in [-0.05, 0) is 12.1 Å². The average Bonchev–Trinajstić information content (AvgIpc) is 2.59. The number of hydrogen-bond donors (Lipinski definition) is 0. The number of thiazole rings is 2. The van der Waals surface area contributed by atoms with Crippen molar-refractivity contribution >= 4 is 66.3 Å². The molecule has 0 aliphatic heterocycles. The highest BCUT2D eigenvalue weighted by atomic mass is 35.5. The summed E-state index contributed by atoms with van der Waals surface area (Å²) in [5, 5.41) is 0. The van der Waals surface area contributed by atoms with E-state index < -0.39 is 0 Å². The Kier molecular flexibility index (Phi) is 1.92. The molecule has 0 N–H and O–H groups in total. The summed E-state index contributed by atoms with van der Waals surface area (Å²) in [7, 11) is 0. The molecule has 0 spiro atoms. The fourth-order valence-corrected chi connectivity index (χ4v) is 3.47. The van der Waals surface area contributed by atoms with Crippen molar-refractivity contribution in [2.24, 2.45) is 0 Å². The maximum Gasteiger partial charge on any atom is 0.184 e. The van der Waals surface area contributed by atoms with E-state index >= 15 is 0 Å². The van der Waals surface area contributed by atoms with Gasteiger partial charge in [-0.2, -0.15) is 0 Å². The van der Waals surface area contributed by atoms with Gasteiger partial charge in [-0.25, -0.2) is 9.97 Å². The maximum atomic E-state index is 5.82. The van der Waals surface area contributed by atoms with Crippen LogP contribution < -0.4 is 0 Å². The lowest BCUT2D eigenvalue weighted by Crippen LogP contribution is -1.69. The predicted octanol–water partition coefficient (Wildman–Crippen LogP) is 4.21. The summed E-state index contributed by atoms with van der Waals surface area (Å²) in [5.41, 5.74) is 1.77. The van der Waals surface area contributed by atoms with Crippen molar-refractivity contribution in [3.63, 3.8) is 0 Å². The molecule has 6 heteroatoms. The van der Waals surface area contributed by atoms with Crippen LogP contribution in [0.4, 0.5) is 0 Å². The van der Waals surface area contributed by atoms with E-state index in [1.54, 1.807) is 0 Å². The number of nitrogens with zero attached hydrogens (tertiary/aromatic N) is 2. The second-order valence-corrected chi connectivity index (χ2v) is 5.95. The van der Waals surface area contributed by atoms with Crippen molar-refractivity contribution < 1.29 is 0 Å². The highest BCUT2D eigenvalue weighted by Crippen LogP contribution is 2.33. The van der Waals surface area contributed by atoms with Crippen LogP contribution in [-0.4, -0.2) is 9.97 Å². The van der Waals surface area contributed by atoms with Crippen molar-refractivity contribution in [1.82, 2.24) is 9.97 Å². The summed E-state index contributed by atoms with van der Waals surface area (Å²) in [6, 6.07) is 3.94. The van der Waals surface area contributed by atoms with Crippen molar-refractivity contribution in [2.75, 3.05) is 0 Å². The zero-order valence-corrected chi connectivity index (χ0v) is 9.77. The Balaban J connectivity index is 2.49. The Labute approximate surface area is 97.1 Å². The molecule has 2 nitrogen and oxygen atoms in total. The van der Waals surface area contributed by atoms with Crippen LogP contribution in [0.3, 0.4) is 0 Å². The fourth-order valence-electron chi connectivity index (χ4n) is 1.29. The van der Waals surface area contributed by atoms with Gasteiger partial charge in [-0.3, -0.25) is 0 Å². The van der Waals surface area contributed by atoms with Gasteiger partial charge >= 0.3 is 0 Å². The number of hydrogen-bond acceptors (Lipinski definition) is 4. The monoisotopic (exact) mass is 260 g/mol. The first-order valence-corrected chi connectivity index (χ1v) is 6.13. The minimum atomic E-state index is 0.559. The van der Waals surface area contributed by atoms with E-state index in [1.165, 1.54) is 22.7 Å². The molecule has 3 rings (SSSR count). The van der Waals surface area contributed by atoms with Crippen LogP contribution in [0.2, 0.25) is 8.93 Å². The summed E-state index contributed by atoms with van der Waals surface area (Å²) in [6.45, 7) is 0. The van der Waals surface area contributed by atoms with Gasteiger partial charge in [0.1, 0.15) is 0 Å². The molecule has 3 aromatic rings. The molecule has 0 fully saturated rings. The van der Waals surface area contributed by atoms with Crippen LogP contribution in [0.15, 0.2) is 12.1 Å². The Hall–Kier alpha value is -0.420. The van der Waals surface area contributed by atoms with Gasteiger partial charge in [0, 0.05) is 0 Å². The van der Waals surface area contributed by atoms with Crippen molar-refractivity contribution in [3.8, 4) is 0 Å². The highest BCUT2D eigenvalue weighted by Gasteiger charge is 2.07. The van der Waals surface area contributed by atoms with E-state index in [4.69, 9.17) is 23.2 Å². The van der Waals surface area contributed by atoms with Crippen LogP contribution >= 0.6 is 45.9 Å². The van der Waals surface area contributed by atoms with Crippen molar-refractivity contribution in [2.45, 2.75) is 0 Å². The largest absolute Gasteiger partial charge is 0.225 e. The molecular weight excluding hydrogens is 259 g/mol. The number of benzene rings is 1. The molecule has 0 bridgehead atoms. The van der Waals surface area contributed by atoms with Gasteiger partial charge in [0.05, 0.1) is 20.4 Å². The average molecular weight is 261 g/mol. The Bertz CT molecular complexity index is 526. The lowest BCUT2D eigenvalue weighted by atomic mass is 10.3. The standard InChI is InChI=1S/C8H2Cl2N2S2/c9-7-11-3-1-4-6(2-5(3)13-7)14-8(10)12-4/h1-2H. The second kappa shape index (κ2) is 3.03. The zero-order valence-electron chi connectivity index (χ0n) is 6.62. The number of fused-ring (bicyclic) bond motifs is 2. The number of aromatic nitrogens is 2. The third-order valence-corrected chi connectivity index (χ3v) is 4.09. The number of halogens is 2. The topological polar surface area (TPSA) is 25.8 Å². The first-order valence-electron chi connectivity index (χ1n) is 3.74. The van der Waals surface area contributed by atoms with E-state index in [1.807, 2.05) is 12.1 Å². The van der Waals surface area contributed by atoms with Crippen molar-refractivity contribution in [3.05, 3.63) is 21.1 Å². The molecule has 14 heavy (non-hydrogen) atoms. The molecule has 0 aliphatic rings. The summed E-state index contributed by atoms with van der Waals surface area (Å²) < 4.78 is 3.26. The van der Waals surface area contributed by atoms with Crippen LogP contribution in [0, 0.1) is 0 Å². The van der Waals surface area contributed by atoms with Crippen LogP contribution in [0.1, 0.15) is 0 Å². The van der Waals surface area contributed by atoms with E-state index in [-0.39, 0.29) is 0 Å². The fraction of sp³-hybridized carbons (Fsp3) is 0. The molecule has 0 saturated heterocycles. The van der Waals surface area contributed by atoms with Gasteiger partial charge in [0.25, 0.3) is 0 Å². The SMILES string of the molecule is Clc1nc2cc3nc(Cl)sc3cc2s1. The molecule has 70 valence electrons. The Morgan fingerprint density at radius 1 is 0.857 bits per heavy atom. The smallest absolute Gasteiger partial charge is 0.184 e. The normalized spacial score (nSPS) is 11.6. The molecule has 0 amide bonds. The van der Waals surface area contributed by atoms with Crippen LogP contribution in [0.5, 0.6) is 0 Å². The maximum absolute atomic E-state index is 5.82. The lowest BCUT2D eigenvalue weighted by molar-refractivity contribution is 1.47. The first kappa shape index (κ1) is 8.85. The molecule has 0 atom stereocenters. The molecule has 0 radical (unpaired) electrons. The minimum absolute atomic E-state index is 0.559. The highest BCUT2D eigenvalue weighted by molar-refractivity contribution is 7.24. The lowest BCUT2D eigenvalue weighted by Gasteiger charge is -1.86. The molecule has 2 heterocycles. The molecule has 0 aliphatic carbocycles. The molecule has 0 unspecified atom stereocenters. The summed E-state index contributed by atoms with van der Waals surface area (Å²) >= 11 is 14.6. The Morgan fingerprint density at radius 2 is 1.36 bits per heavy atom. The molecule has 0 saturated carbocycles. The summed E-state index contributed by atoms with van der Waals surface area (Å²) in [4.78, 5) is 8.36. The molecular formula is C8H2Cl2N2S2. The third-order valence-electron chi connectivity index (χ3n) is 1.85. The molecule has 2 aromatic heterocycles. The van der Waals surface area contributed by atoms with Gasteiger partial charge < -0.3 is 0 Å². The first-order chi connectivity index (χ1) is 6.72. The number of rotatable bonds is 0. The van der Waals surface area contributed by atoms with Crippen molar-refractivity contribution in [1.29, 1.82) is 0 Å². The molecule has 1 aromatic carbocycles. The van der Waals surface area contributed by atoms with Crippen LogP contribution in [0.25, 0.3) is 20.4 Å². The van der Waals surface area contributed by atoms with E-state index in [0.29, 0.717) is 8.93 Å². The van der Waals surface area contributed by atoms with Gasteiger partial charge in [0.2, 0.25) is 0 Å². The predicted molar refractivity (Wildman–Crippen MR) is 62.8 cm³/mol. The van der Waals surface area contributed by atoms with E-state index in [9.17, 15) is 0 Å². The summed E-state index contributed by atoms with van der Waals surface area (Å²) in [5.74, 6) is 0. The van der Waals surface area contributed by atoms with E-state index in [0.717, 1.165) is 20.4 Å². The minimum Gasteiger partial charge on any atom is -0.225 e. The Morgan fingerprint density at radius 3 is 1.86 bits per heavy atom. The zero-order chi connectivity index (χ0) is 9.71. The van der Waals surface area contributed by atoms with E-state index in [2.05, 4.69) is 9.97 Å².